The number of rotatable bonds is 7. The third-order valence-electron chi connectivity index (χ3n) is 6.12. The van der Waals surface area contributed by atoms with Gasteiger partial charge in [0.25, 0.3) is 6.43 Å². The third kappa shape index (κ3) is 4.40. The molecule has 0 unspecified atom stereocenters. The summed E-state index contributed by atoms with van der Waals surface area (Å²) in [7, 11) is -3.87. The molecule has 10 nitrogen and oxygen atoms in total. The van der Waals surface area contributed by atoms with Crippen LogP contribution in [0.4, 0.5) is 14.5 Å². The number of nitrogens with zero attached hydrogens (tertiary/aromatic N) is 5. The maximum Gasteiger partial charge on any atom is 0.291 e. The van der Waals surface area contributed by atoms with E-state index >= 15 is 0 Å². The van der Waals surface area contributed by atoms with Gasteiger partial charge in [-0.2, -0.15) is 0 Å². The Morgan fingerprint density at radius 1 is 1.35 bits per heavy atom. The molecule has 2 fully saturated rings. The first-order valence-corrected chi connectivity index (χ1v) is 13.2. The van der Waals surface area contributed by atoms with E-state index in [-0.39, 0.29) is 34.4 Å². The Hall–Kier alpha value is -2.26. The molecule has 3 N–H and O–H groups in total. The standard InChI is InChI=1S/C20H25F2N7O3S2/c1-11-7-28(8-12(10-30)24-11)14-5-13(34(31,32)27-20(2)3-4-20)9-29-15(14)6-23-17(29)19-26-25-18(33-19)16(21)22/h5-6,9,11-12,16,24,27,30H,3-4,7-8,10H2,1-2H3/t11-,12+/m0/s1. The van der Waals surface area contributed by atoms with E-state index in [2.05, 4.69) is 25.2 Å². The smallest absolute Gasteiger partial charge is 0.291 e. The Labute approximate surface area is 199 Å². The molecule has 34 heavy (non-hydrogen) atoms. The summed E-state index contributed by atoms with van der Waals surface area (Å²) in [6, 6.07) is 1.46. The van der Waals surface area contributed by atoms with E-state index in [0.29, 0.717) is 35.6 Å². The van der Waals surface area contributed by atoms with Crippen LogP contribution in [0.15, 0.2) is 23.4 Å². The minimum absolute atomic E-state index is 0.0349. The summed E-state index contributed by atoms with van der Waals surface area (Å²) in [4.78, 5) is 6.42. The van der Waals surface area contributed by atoms with Gasteiger partial charge in [0.15, 0.2) is 15.8 Å². The van der Waals surface area contributed by atoms with Gasteiger partial charge in [0, 0.05) is 36.9 Å². The highest BCUT2D eigenvalue weighted by Gasteiger charge is 2.41. The molecule has 5 rings (SSSR count). The zero-order chi connectivity index (χ0) is 24.3. The second kappa shape index (κ2) is 8.45. The molecule has 3 aromatic heterocycles. The normalized spacial score (nSPS) is 22.6. The Bertz CT molecular complexity index is 1320. The van der Waals surface area contributed by atoms with Gasteiger partial charge in [0.2, 0.25) is 10.0 Å². The highest BCUT2D eigenvalue weighted by molar-refractivity contribution is 7.89. The van der Waals surface area contributed by atoms with Gasteiger partial charge in [-0.1, -0.05) is 11.3 Å². The summed E-state index contributed by atoms with van der Waals surface area (Å²) in [6.45, 7) is 4.80. The van der Waals surface area contributed by atoms with Crippen molar-refractivity contribution in [3.05, 3.63) is 23.5 Å². The molecule has 1 aliphatic carbocycles. The van der Waals surface area contributed by atoms with Gasteiger partial charge in [0.1, 0.15) is 4.90 Å². The number of imidazole rings is 1. The zero-order valence-electron chi connectivity index (χ0n) is 18.6. The predicted molar refractivity (Wildman–Crippen MR) is 123 cm³/mol. The molecule has 2 aliphatic rings. The number of aliphatic hydroxyl groups excluding tert-OH is 1. The summed E-state index contributed by atoms with van der Waals surface area (Å²) >= 11 is 0.715. The third-order valence-corrected chi connectivity index (χ3v) is 8.65. The van der Waals surface area contributed by atoms with Gasteiger partial charge >= 0.3 is 0 Å². The molecule has 1 aliphatic heterocycles. The van der Waals surface area contributed by atoms with Crippen molar-refractivity contribution in [2.24, 2.45) is 0 Å². The van der Waals surface area contributed by atoms with Crippen LogP contribution < -0.4 is 14.9 Å². The number of fused-ring (bicyclic) bond motifs is 1. The van der Waals surface area contributed by atoms with Crippen LogP contribution in [0.2, 0.25) is 0 Å². The van der Waals surface area contributed by atoms with Crippen molar-refractivity contribution in [1.29, 1.82) is 0 Å². The molecule has 184 valence electrons. The molecular formula is C20H25F2N7O3S2. The molecule has 0 aromatic carbocycles. The van der Waals surface area contributed by atoms with Crippen molar-refractivity contribution in [2.45, 2.75) is 55.6 Å². The lowest BCUT2D eigenvalue weighted by atomic mass is 10.1. The molecule has 1 saturated heterocycles. The van der Waals surface area contributed by atoms with Crippen LogP contribution in [-0.4, -0.2) is 70.4 Å². The SMILES string of the molecule is C[C@H]1CN(c2cc(S(=O)(=O)NC3(C)CC3)cn3c(-c4nnc(C(F)F)s4)ncc23)C[C@H](CO)N1. The lowest BCUT2D eigenvalue weighted by Gasteiger charge is -2.38. The first-order valence-electron chi connectivity index (χ1n) is 10.9. The van der Waals surface area contributed by atoms with Gasteiger partial charge in [0.05, 0.1) is 24.0 Å². The van der Waals surface area contributed by atoms with Crippen LogP contribution in [0.1, 0.15) is 38.1 Å². The van der Waals surface area contributed by atoms with E-state index < -0.39 is 27.0 Å². The zero-order valence-corrected chi connectivity index (χ0v) is 20.2. The van der Waals surface area contributed by atoms with Crippen molar-refractivity contribution >= 4 is 32.6 Å². The molecule has 1 saturated carbocycles. The molecule has 2 atom stereocenters. The fourth-order valence-electron chi connectivity index (χ4n) is 4.18. The summed E-state index contributed by atoms with van der Waals surface area (Å²) in [5.74, 6) is 0.234. The van der Waals surface area contributed by atoms with Crippen molar-refractivity contribution in [3.8, 4) is 10.8 Å². The van der Waals surface area contributed by atoms with E-state index in [9.17, 15) is 22.3 Å². The van der Waals surface area contributed by atoms with Gasteiger partial charge in [-0.3, -0.25) is 4.40 Å². The summed E-state index contributed by atoms with van der Waals surface area (Å²) in [5, 5.41) is 20.2. The van der Waals surface area contributed by atoms with Crippen LogP contribution in [-0.2, 0) is 10.0 Å². The van der Waals surface area contributed by atoms with Gasteiger partial charge in [-0.05, 0) is 32.8 Å². The van der Waals surface area contributed by atoms with Crippen LogP contribution >= 0.6 is 11.3 Å². The van der Waals surface area contributed by atoms with Crippen LogP contribution in [0.3, 0.4) is 0 Å². The summed E-state index contributed by atoms with van der Waals surface area (Å²) < 4.78 is 57.1. The van der Waals surface area contributed by atoms with E-state index in [1.165, 1.54) is 6.20 Å². The lowest BCUT2D eigenvalue weighted by Crippen LogP contribution is -2.57. The van der Waals surface area contributed by atoms with Crippen molar-refractivity contribution in [2.75, 3.05) is 24.6 Å². The molecule has 0 bridgehead atoms. The Morgan fingerprint density at radius 3 is 2.76 bits per heavy atom. The fraction of sp³-hybridized carbons (Fsp3) is 0.550. The monoisotopic (exact) mass is 513 g/mol. The number of nitrogens with one attached hydrogen (secondary N) is 2. The van der Waals surface area contributed by atoms with Crippen LogP contribution in [0, 0.1) is 0 Å². The van der Waals surface area contributed by atoms with Crippen molar-refractivity contribution in [3.63, 3.8) is 0 Å². The number of halogens is 2. The molecule has 4 heterocycles. The molecule has 0 radical (unpaired) electrons. The van der Waals surface area contributed by atoms with Crippen LogP contribution in [0.25, 0.3) is 16.3 Å². The number of aliphatic hydroxyl groups is 1. The number of pyridine rings is 1. The number of hydrogen-bond donors (Lipinski definition) is 3. The number of hydrogen-bond acceptors (Lipinski definition) is 9. The Morgan fingerprint density at radius 2 is 2.12 bits per heavy atom. The molecule has 0 amide bonds. The van der Waals surface area contributed by atoms with Gasteiger partial charge in [-0.15, -0.1) is 10.2 Å². The van der Waals surface area contributed by atoms with Crippen molar-refractivity contribution in [1.82, 2.24) is 29.6 Å². The van der Waals surface area contributed by atoms with Crippen LogP contribution in [0.5, 0.6) is 0 Å². The van der Waals surface area contributed by atoms with E-state index in [4.69, 9.17) is 0 Å². The molecule has 14 heteroatoms. The Balaban J connectivity index is 1.66. The molecule has 3 aromatic rings. The predicted octanol–water partition coefficient (Wildman–Crippen LogP) is 1.78. The topological polar surface area (TPSA) is 125 Å². The number of alkyl halides is 2. The number of piperazine rings is 1. The molecular weight excluding hydrogens is 488 g/mol. The number of aromatic nitrogens is 4. The van der Waals surface area contributed by atoms with Gasteiger partial charge in [-0.25, -0.2) is 26.9 Å². The van der Waals surface area contributed by atoms with E-state index in [1.54, 1.807) is 16.7 Å². The van der Waals surface area contributed by atoms with E-state index in [1.807, 2.05) is 18.7 Å². The highest BCUT2D eigenvalue weighted by atomic mass is 32.2. The van der Waals surface area contributed by atoms with Gasteiger partial charge < -0.3 is 15.3 Å². The quantitative estimate of drug-likeness (QED) is 0.437. The highest BCUT2D eigenvalue weighted by Crippen LogP contribution is 2.37. The molecule has 0 spiro atoms. The average molecular weight is 514 g/mol. The van der Waals surface area contributed by atoms with Crippen molar-refractivity contribution < 1.29 is 22.3 Å². The lowest BCUT2D eigenvalue weighted by molar-refractivity contribution is 0.150. The average Bonchev–Trinajstić information content (AvgIpc) is 3.18. The second-order valence-corrected chi connectivity index (χ2v) is 11.9. The second-order valence-electron chi connectivity index (χ2n) is 9.16. The first kappa shape index (κ1) is 23.5. The Kier molecular flexibility index (Phi) is 5.83. The maximum atomic E-state index is 13.3. The summed E-state index contributed by atoms with van der Waals surface area (Å²) in [6.07, 6.45) is 1.76. The fourth-order valence-corrected chi connectivity index (χ4v) is 6.36. The number of anilines is 1. The minimum atomic E-state index is -3.87. The first-order chi connectivity index (χ1) is 16.1. The van der Waals surface area contributed by atoms with E-state index in [0.717, 1.165) is 12.8 Å². The number of sulfonamides is 1. The largest absolute Gasteiger partial charge is 0.395 e. The summed E-state index contributed by atoms with van der Waals surface area (Å²) in [5.41, 5.74) is 0.752. The minimum Gasteiger partial charge on any atom is -0.395 e. The maximum absolute atomic E-state index is 13.3.